The first-order valence-corrected chi connectivity index (χ1v) is 9.67. The van der Waals surface area contributed by atoms with Gasteiger partial charge in [-0.3, -0.25) is 4.79 Å². The van der Waals surface area contributed by atoms with Crippen molar-refractivity contribution in [1.29, 1.82) is 0 Å². The first kappa shape index (κ1) is 20.7. The number of esters is 1. The minimum absolute atomic E-state index is 0.00270. The molecule has 28 heavy (non-hydrogen) atoms. The van der Waals surface area contributed by atoms with Crippen LogP contribution in [-0.2, 0) is 14.9 Å². The molecule has 0 aromatic heterocycles. The van der Waals surface area contributed by atoms with Crippen molar-refractivity contribution < 1.29 is 14.3 Å². The fraction of sp³-hybridized carbons (Fsp3) is 0.238. The predicted molar refractivity (Wildman–Crippen MR) is 113 cm³/mol. The average Bonchev–Trinajstić information content (AvgIpc) is 2.84. The van der Waals surface area contributed by atoms with Gasteiger partial charge in [0.25, 0.3) is 0 Å². The Hall–Kier alpha value is -2.01. The van der Waals surface area contributed by atoms with Gasteiger partial charge < -0.3 is 9.64 Å². The van der Waals surface area contributed by atoms with Crippen LogP contribution in [0.15, 0.2) is 48.2 Å². The molecule has 0 radical (unpaired) electrons. The number of hydrogen-bond acceptors (Lipinski definition) is 4. The lowest BCUT2D eigenvalue weighted by atomic mass is 9.83. The Morgan fingerprint density at radius 2 is 1.71 bits per heavy atom. The largest absolute Gasteiger partial charge is 0.454 e. The number of ketones is 1. The Bertz CT molecular complexity index is 998. The van der Waals surface area contributed by atoms with E-state index in [4.69, 9.17) is 39.5 Å². The van der Waals surface area contributed by atoms with Crippen molar-refractivity contribution >= 4 is 52.2 Å². The van der Waals surface area contributed by atoms with Crippen molar-refractivity contribution in [2.24, 2.45) is 0 Å². The van der Waals surface area contributed by atoms with E-state index in [1.165, 1.54) is 18.2 Å². The summed E-state index contributed by atoms with van der Waals surface area (Å²) in [6.07, 6.45) is 1.51. The number of benzene rings is 2. The van der Waals surface area contributed by atoms with Crippen LogP contribution in [0.2, 0.25) is 15.1 Å². The van der Waals surface area contributed by atoms with Crippen LogP contribution in [0.1, 0.15) is 29.8 Å². The van der Waals surface area contributed by atoms with Crippen LogP contribution in [0.5, 0.6) is 0 Å². The first-order valence-electron chi connectivity index (χ1n) is 8.53. The van der Waals surface area contributed by atoms with Gasteiger partial charge in [0.15, 0.2) is 12.4 Å². The number of rotatable bonds is 4. The van der Waals surface area contributed by atoms with Crippen molar-refractivity contribution in [3.8, 4) is 0 Å². The number of carbonyl (C=O) groups is 2. The van der Waals surface area contributed by atoms with Gasteiger partial charge in [-0.25, -0.2) is 4.79 Å². The van der Waals surface area contributed by atoms with Crippen molar-refractivity contribution in [1.82, 2.24) is 0 Å². The maximum absolute atomic E-state index is 12.5. The molecule has 7 heteroatoms. The number of carbonyl (C=O) groups excluding carboxylic acids is 2. The minimum Gasteiger partial charge on any atom is -0.454 e. The van der Waals surface area contributed by atoms with Crippen molar-refractivity contribution in [2.75, 3.05) is 18.6 Å². The number of likely N-dealkylation sites (N-methyl/N-ethyl adjacent to an activating group) is 1. The quantitative estimate of drug-likeness (QED) is 0.350. The first-order chi connectivity index (χ1) is 13.1. The molecule has 1 aliphatic rings. The van der Waals surface area contributed by atoms with Crippen LogP contribution < -0.4 is 4.90 Å². The Morgan fingerprint density at radius 1 is 1.07 bits per heavy atom. The topological polar surface area (TPSA) is 46.6 Å². The summed E-state index contributed by atoms with van der Waals surface area (Å²) in [4.78, 5) is 26.8. The lowest BCUT2D eigenvalue weighted by Gasteiger charge is -2.23. The van der Waals surface area contributed by atoms with E-state index < -0.39 is 12.6 Å². The normalized spacial score (nSPS) is 16.2. The molecule has 0 unspecified atom stereocenters. The summed E-state index contributed by atoms with van der Waals surface area (Å²) in [7, 11) is 1.91. The van der Waals surface area contributed by atoms with E-state index in [0.717, 1.165) is 16.9 Å². The highest BCUT2D eigenvalue weighted by atomic mass is 35.5. The third-order valence-electron chi connectivity index (χ3n) is 4.83. The van der Waals surface area contributed by atoms with Crippen molar-refractivity contribution in [3.05, 3.63) is 74.4 Å². The summed E-state index contributed by atoms with van der Waals surface area (Å²) in [5, 5.41) is 0.285. The number of para-hydroxylation sites is 1. The van der Waals surface area contributed by atoms with Crippen LogP contribution in [0.4, 0.5) is 5.69 Å². The van der Waals surface area contributed by atoms with Crippen LogP contribution in [0, 0.1) is 0 Å². The van der Waals surface area contributed by atoms with Gasteiger partial charge in [-0.05, 0) is 23.8 Å². The molecule has 0 fully saturated rings. The van der Waals surface area contributed by atoms with E-state index in [2.05, 4.69) is 0 Å². The molecule has 146 valence electrons. The van der Waals surface area contributed by atoms with E-state index in [9.17, 15) is 9.59 Å². The molecule has 2 aromatic rings. The SMILES string of the molecule is CN1/C(=C\C(=O)COC(=O)c2c(Cl)ccc(Cl)c2Cl)C(C)(C)c2ccccc21. The van der Waals surface area contributed by atoms with E-state index >= 15 is 0 Å². The Morgan fingerprint density at radius 3 is 2.39 bits per heavy atom. The maximum Gasteiger partial charge on any atom is 0.341 e. The van der Waals surface area contributed by atoms with Gasteiger partial charge in [-0.1, -0.05) is 66.8 Å². The summed E-state index contributed by atoms with van der Waals surface area (Å²) in [6, 6.07) is 10.9. The zero-order valence-corrected chi connectivity index (χ0v) is 17.8. The van der Waals surface area contributed by atoms with Gasteiger partial charge in [0, 0.05) is 29.9 Å². The monoisotopic (exact) mass is 437 g/mol. The molecule has 2 aromatic carbocycles. The molecule has 1 aliphatic heterocycles. The van der Waals surface area contributed by atoms with E-state index in [0.29, 0.717) is 0 Å². The number of ether oxygens (including phenoxy) is 1. The van der Waals surface area contributed by atoms with E-state index in [-0.39, 0.29) is 31.8 Å². The molecule has 1 heterocycles. The number of halogens is 3. The molecule has 0 saturated carbocycles. The van der Waals surface area contributed by atoms with Crippen LogP contribution >= 0.6 is 34.8 Å². The minimum atomic E-state index is -0.799. The van der Waals surface area contributed by atoms with E-state index in [1.54, 1.807) is 0 Å². The second-order valence-electron chi connectivity index (χ2n) is 6.99. The molecule has 0 aliphatic carbocycles. The summed E-state index contributed by atoms with van der Waals surface area (Å²) in [5.41, 5.74) is 2.60. The molecule has 0 amide bonds. The Kier molecular flexibility index (Phi) is 5.76. The van der Waals surface area contributed by atoms with Crippen LogP contribution in [-0.4, -0.2) is 25.4 Å². The standard InChI is InChI=1S/C21H18Cl3NO3/c1-21(2)13-6-4-5-7-16(13)25(3)17(21)10-12(26)11-28-20(27)18-14(22)8-9-15(23)19(18)24/h4-10H,11H2,1-3H3/b17-10-. The van der Waals surface area contributed by atoms with Gasteiger partial charge in [-0.2, -0.15) is 0 Å². The van der Waals surface area contributed by atoms with Gasteiger partial charge in [0.1, 0.15) is 0 Å². The van der Waals surface area contributed by atoms with Gasteiger partial charge >= 0.3 is 5.97 Å². The van der Waals surface area contributed by atoms with E-state index in [1.807, 2.05) is 50.1 Å². The number of allylic oxidation sites excluding steroid dienone is 1. The molecule has 0 atom stereocenters. The lowest BCUT2D eigenvalue weighted by Crippen LogP contribution is -2.25. The highest BCUT2D eigenvalue weighted by Gasteiger charge is 2.38. The van der Waals surface area contributed by atoms with Crippen molar-refractivity contribution in [3.63, 3.8) is 0 Å². The third-order valence-corrected chi connectivity index (χ3v) is 5.95. The molecule has 0 N–H and O–H groups in total. The molecule has 0 bridgehead atoms. The predicted octanol–water partition coefficient (Wildman–Crippen LogP) is 5.68. The number of nitrogens with zero attached hydrogens (tertiary/aromatic N) is 1. The molecular formula is C21H18Cl3NO3. The van der Waals surface area contributed by atoms with Crippen LogP contribution in [0.25, 0.3) is 0 Å². The summed E-state index contributed by atoms with van der Waals surface area (Å²) < 4.78 is 5.12. The smallest absolute Gasteiger partial charge is 0.341 e. The fourth-order valence-corrected chi connectivity index (χ4v) is 4.06. The Labute approximate surface area is 178 Å². The molecule has 4 nitrogen and oxygen atoms in total. The van der Waals surface area contributed by atoms with Gasteiger partial charge in [0.2, 0.25) is 0 Å². The highest BCUT2D eigenvalue weighted by Crippen LogP contribution is 2.46. The maximum atomic E-state index is 12.5. The van der Waals surface area contributed by atoms with Crippen LogP contribution in [0.3, 0.4) is 0 Å². The highest BCUT2D eigenvalue weighted by molar-refractivity contribution is 6.46. The third kappa shape index (κ3) is 3.64. The van der Waals surface area contributed by atoms with Crippen molar-refractivity contribution in [2.45, 2.75) is 19.3 Å². The lowest BCUT2D eigenvalue weighted by molar-refractivity contribution is -0.117. The second-order valence-corrected chi connectivity index (χ2v) is 8.18. The number of fused-ring (bicyclic) bond motifs is 1. The zero-order chi connectivity index (χ0) is 20.6. The number of hydrogen-bond donors (Lipinski definition) is 0. The summed E-state index contributed by atoms with van der Waals surface area (Å²) in [6.45, 7) is 3.67. The molecule has 3 rings (SSSR count). The Balaban J connectivity index is 1.77. The number of anilines is 1. The zero-order valence-electron chi connectivity index (χ0n) is 15.6. The fourth-order valence-electron chi connectivity index (χ4n) is 3.38. The average molecular weight is 439 g/mol. The molecular weight excluding hydrogens is 421 g/mol. The van der Waals surface area contributed by atoms with Gasteiger partial charge in [0.05, 0.1) is 20.6 Å². The summed E-state index contributed by atoms with van der Waals surface area (Å²) >= 11 is 18.0. The molecule has 0 saturated heterocycles. The molecule has 0 spiro atoms. The van der Waals surface area contributed by atoms with Gasteiger partial charge in [-0.15, -0.1) is 0 Å². The second kappa shape index (κ2) is 7.78. The summed E-state index contributed by atoms with van der Waals surface area (Å²) in [5.74, 6) is -1.14.